The molecule has 0 spiro atoms. The number of nitrogens with one attached hydrogen (secondary N) is 2. The maximum atomic E-state index is 11.2. The summed E-state index contributed by atoms with van der Waals surface area (Å²) in [6, 6.07) is 1.36. The van der Waals surface area contributed by atoms with Gasteiger partial charge in [0.15, 0.2) is 9.84 Å². The summed E-state index contributed by atoms with van der Waals surface area (Å²) in [5, 5.41) is 3.02. The van der Waals surface area contributed by atoms with E-state index in [1.54, 1.807) is 0 Å². The average molecular weight is 245 g/mol. The van der Waals surface area contributed by atoms with E-state index in [-0.39, 0.29) is 17.1 Å². The molecule has 0 saturated heterocycles. The molecule has 1 aromatic heterocycles. The number of hydrogen-bond acceptors (Lipinski definition) is 5. The maximum Gasteiger partial charge on any atom is 0.251 e. The van der Waals surface area contributed by atoms with Crippen LogP contribution in [-0.4, -0.2) is 31.2 Å². The minimum Gasteiger partial charge on any atom is -0.311 e. The fraction of sp³-hybridized carbons (Fsp3) is 0.556. The van der Waals surface area contributed by atoms with Gasteiger partial charge in [-0.3, -0.25) is 4.79 Å². The van der Waals surface area contributed by atoms with Crippen LogP contribution >= 0.6 is 0 Å². The monoisotopic (exact) mass is 245 g/mol. The smallest absolute Gasteiger partial charge is 0.251 e. The molecule has 0 bridgehead atoms. The molecule has 0 aliphatic heterocycles. The van der Waals surface area contributed by atoms with Gasteiger partial charge in [0.1, 0.15) is 11.6 Å². The van der Waals surface area contributed by atoms with E-state index in [9.17, 15) is 13.2 Å². The van der Waals surface area contributed by atoms with E-state index < -0.39 is 9.84 Å². The first kappa shape index (κ1) is 12.9. The third-order valence-corrected chi connectivity index (χ3v) is 2.60. The lowest BCUT2D eigenvalue weighted by atomic mass is 10.4. The van der Waals surface area contributed by atoms with Crippen molar-refractivity contribution >= 4 is 9.84 Å². The molecule has 1 heterocycles. The molecule has 2 N–H and O–H groups in total. The molecule has 0 unspecified atom stereocenters. The van der Waals surface area contributed by atoms with Crippen LogP contribution in [-0.2, 0) is 22.1 Å². The van der Waals surface area contributed by atoms with Crippen molar-refractivity contribution in [2.45, 2.75) is 19.2 Å². The standard InChI is InChI=1S/C9H15N3O3S/c1-3-10-5-7-4-9(13)12-8(11-7)6-16(2,14)15/h4,10H,3,5-6H2,1-2H3,(H,11,12,13). The highest BCUT2D eigenvalue weighted by molar-refractivity contribution is 7.89. The first-order valence-electron chi connectivity index (χ1n) is 4.88. The van der Waals surface area contributed by atoms with Crippen LogP contribution in [0.25, 0.3) is 0 Å². The van der Waals surface area contributed by atoms with Gasteiger partial charge in [-0.1, -0.05) is 6.92 Å². The van der Waals surface area contributed by atoms with Gasteiger partial charge in [0.2, 0.25) is 0 Å². The second kappa shape index (κ2) is 5.22. The molecule has 0 radical (unpaired) electrons. The van der Waals surface area contributed by atoms with E-state index in [1.807, 2.05) is 6.92 Å². The Morgan fingerprint density at radius 1 is 1.50 bits per heavy atom. The van der Waals surface area contributed by atoms with Crippen molar-refractivity contribution in [2.75, 3.05) is 12.8 Å². The quantitative estimate of drug-likeness (QED) is 0.724. The Labute approximate surface area is 94.0 Å². The molecule has 1 aromatic rings. The van der Waals surface area contributed by atoms with Crippen molar-refractivity contribution in [3.05, 3.63) is 27.9 Å². The topological polar surface area (TPSA) is 91.9 Å². The van der Waals surface area contributed by atoms with Crippen LogP contribution in [0.4, 0.5) is 0 Å². The second-order valence-corrected chi connectivity index (χ2v) is 5.67. The zero-order valence-electron chi connectivity index (χ0n) is 9.28. The molecule has 6 nitrogen and oxygen atoms in total. The summed E-state index contributed by atoms with van der Waals surface area (Å²) >= 11 is 0. The van der Waals surface area contributed by atoms with Crippen molar-refractivity contribution < 1.29 is 8.42 Å². The molecule has 0 aromatic carbocycles. The van der Waals surface area contributed by atoms with Crippen molar-refractivity contribution in [3.63, 3.8) is 0 Å². The highest BCUT2D eigenvalue weighted by Gasteiger charge is 2.08. The van der Waals surface area contributed by atoms with E-state index in [1.165, 1.54) is 6.07 Å². The molecular weight excluding hydrogens is 230 g/mol. The lowest BCUT2D eigenvalue weighted by molar-refractivity contribution is 0.599. The molecule has 0 atom stereocenters. The maximum absolute atomic E-state index is 11.2. The van der Waals surface area contributed by atoms with E-state index >= 15 is 0 Å². The molecule has 0 aliphatic rings. The normalized spacial score (nSPS) is 11.6. The van der Waals surface area contributed by atoms with Crippen LogP contribution in [0.15, 0.2) is 10.9 Å². The number of hydrogen-bond donors (Lipinski definition) is 2. The largest absolute Gasteiger partial charge is 0.311 e. The highest BCUT2D eigenvalue weighted by atomic mass is 32.2. The van der Waals surface area contributed by atoms with E-state index in [0.29, 0.717) is 12.2 Å². The summed E-state index contributed by atoms with van der Waals surface area (Å²) in [6.45, 7) is 3.15. The average Bonchev–Trinajstić information content (AvgIpc) is 2.10. The molecule has 90 valence electrons. The molecule has 0 saturated carbocycles. The Kier molecular flexibility index (Phi) is 4.19. The summed E-state index contributed by atoms with van der Waals surface area (Å²) in [6.07, 6.45) is 1.10. The Morgan fingerprint density at radius 2 is 2.19 bits per heavy atom. The number of nitrogens with zero attached hydrogens (tertiary/aromatic N) is 1. The van der Waals surface area contributed by atoms with Gasteiger partial charge in [-0.05, 0) is 6.54 Å². The van der Waals surface area contributed by atoms with Crippen LogP contribution in [0.1, 0.15) is 18.4 Å². The number of rotatable bonds is 5. The van der Waals surface area contributed by atoms with Crippen LogP contribution in [0.3, 0.4) is 0 Å². The number of aromatic amines is 1. The minimum atomic E-state index is -3.18. The first-order valence-corrected chi connectivity index (χ1v) is 6.94. The van der Waals surface area contributed by atoms with Gasteiger partial charge >= 0.3 is 0 Å². The molecule has 0 aliphatic carbocycles. The second-order valence-electron chi connectivity index (χ2n) is 3.53. The van der Waals surface area contributed by atoms with E-state index in [0.717, 1.165) is 12.8 Å². The third-order valence-electron chi connectivity index (χ3n) is 1.80. The lowest BCUT2D eigenvalue weighted by Gasteiger charge is -2.03. The van der Waals surface area contributed by atoms with E-state index in [4.69, 9.17) is 0 Å². The number of sulfone groups is 1. The van der Waals surface area contributed by atoms with Crippen LogP contribution in [0.5, 0.6) is 0 Å². The number of aromatic nitrogens is 2. The Hall–Kier alpha value is -1.21. The molecule has 7 heteroatoms. The molecular formula is C9H15N3O3S. The van der Waals surface area contributed by atoms with Crippen LogP contribution < -0.4 is 10.9 Å². The molecule has 0 amide bonds. The van der Waals surface area contributed by atoms with Gasteiger partial charge in [-0.15, -0.1) is 0 Å². The number of H-pyrrole nitrogens is 1. The summed E-state index contributed by atoms with van der Waals surface area (Å²) in [7, 11) is -3.18. The zero-order chi connectivity index (χ0) is 12.2. The van der Waals surface area contributed by atoms with Gasteiger partial charge in [-0.25, -0.2) is 13.4 Å². The SMILES string of the molecule is CCNCc1cc(=O)[nH]c(CS(C)(=O)=O)n1. The summed E-state index contributed by atoms with van der Waals surface area (Å²) in [5.74, 6) is -0.0646. The van der Waals surface area contributed by atoms with Crippen molar-refractivity contribution in [2.24, 2.45) is 0 Å². The fourth-order valence-electron chi connectivity index (χ4n) is 1.22. The Balaban J connectivity index is 2.94. The van der Waals surface area contributed by atoms with Gasteiger partial charge in [0.05, 0.1) is 5.69 Å². The van der Waals surface area contributed by atoms with Gasteiger partial charge < -0.3 is 10.3 Å². The zero-order valence-corrected chi connectivity index (χ0v) is 10.1. The Bertz CT molecular complexity index is 507. The lowest BCUT2D eigenvalue weighted by Crippen LogP contribution is -2.19. The first-order chi connectivity index (χ1) is 7.40. The van der Waals surface area contributed by atoms with Gasteiger partial charge in [0, 0.05) is 18.9 Å². The summed E-state index contributed by atoms with van der Waals surface area (Å²) < 4.78 is 22.1. The predicted molar refractivity (Wildman–Crippen MR) is 60.8 cm³/mol. The van der Waals surface area contributed by atoms with E-state index in [2.05, 4.69) is 15.3 Å². The van der Waals surface area contributed by atoms with Crippen molar-refractivity contribution in [1.29, 1.82) is 0 Å². The Morgan fingerprint density at radius 3 is 2.75 bits per heavy atom. The van der Waals surface area contributed by atoms with Crippen LogP contribution in [0, 0.1) is 0 Å². The summed E-state index contributed by atoms with van der Waals surface area (Å²) in [5.41, 5.74) is 0.214. The van der Waals surface area contributed by atoms with Gasteiger partial charge in [0.25, 0.3) is 5.56 Å². The van der Waals surface area contributed by atoms with Gasteiger partial charge in [-0.2, -0.15) is 0 Å². The van der Waals surface area contributed by atoms with Crippen LogP contribution in [0.2, 0.25) is 0 Å². The summed E-state index contributed by atoms with van der Waals surface area (Å²) in [4.78, 5) is 17.7. The minimum absolute atomic E-state index is 0.183. The third kappa shape index (κ3) is 4.54. The molecule has 16 heavy (non-hydrogen) atoms. The fourth-order valence-corrected chi connectivity index (χ4v) is 1.86. The van der Waals surface area contributed by atoms with Crippen molar-refractivity contribution in [1.82, 2.24) is 15.3 Å². The molecule has 0 fully saturated rings. The predicted octanol–water partition coefficient (Wildman–Crippen LogP) is -0.576. The molecule has 1 rings (SSSR count). The van der Waals surface area contributed by atoms with Crippen molar-refractivity contribution in [3.8, 4) is 0 Å². The highest BCUT2D eigenvalue weighted by Crippen LogP contribution is 1.97.